The molecule has 2 nitrogen and oxygen atoms in total. The zero-order valence-corrected chi connectivity index (χ0v) is 10.2. The van der Waals surface area contributed by atoms with Gasteiger partial charge in [0.15, 0.2) is 0 Å². The number of carbonyl (C=O) groups is 1. The van der Waals surface area contributed by atoms with Crippen LogP contribution in [0.3, 0.4) is 0 Å². The molecule has 0 heterocycles. The molecule has 1 aromatic carbocycles. The van der Waals surface area contributed by atoms with Crippen molar-refractivity contribution in [3.63, 3.8) is 0 Å². The Balaban J connectivity index is 2.45. The van der Waals surface area contributed by atoms with Gasteiger partial charge >= 0.3 is 0 Å². The number of carbonyl (C=O) groups excluding carboxylic acids is 1. The Hall–Kier alpha value is -0.670. The summed E-state index contributed by atoms with van der Waals surface area (Å²) >= 11 is 7.17. The SMILES string of the molecule is CCSc1ccc(CNC(=O)CCl)cc1. The van der Waals surface area contributed by atoms with E-state index in [1.54, 1.807) is 11.8 Å². The fourth-order valence-corrected chi connectivity index (χ4v) is 1.87. The van der Waals surface area contributed by atoms with Crippen LogP contribution in [0.1, 0.15) is 12.5 Å². The summed E-state index contributed by atoms with van der Waals surface area (Å²) in [6, 6.07) is 8.17. The smallest absolute Gasteiger partial charge is 0.235 e. The molecular weight excluding hydrogens is 230 g/mol. The first kappa shape index (κ1) is 12.4. The summed E-state index contributed by atoms with van der Waals surface area (Å²) in [5.74, 6) is 0.954. The van der Waals surface area contributed by atoms with Gasteiger partial charge in [0, 0.05) is 11.4 Å². The minimum atomic E-state index is -0.135. The topological polar surface area (TPSA) is 29.1 Å². The van der Waals surface area contributed by atoms with Crippen LogP contribution in [-0.4, -0.2) is 17.5 Å². The van der Waals surface area contributed by atoms with E-state index >= 15 is 0 Å². The second kappa shape index (κ2) is 6.75. The molecule has 82 valence electrons. The van der Waals surface area contributed by atoms with Crippen LogP contribution in [-0.2, 0) is 11.3 Å². The van der Waals surface area contributed by atoms with Crippen LogP contribution in [0, 0.1) is 0 Å². The molecular formula is C11H14ClNOS. The molecule has 1 N–H and O–H groups in total. The molecule has 0 aliphatic rings. The van der Waals surface area contributed by atoms with Crippen molar-refractivity contribution in [3.8, 4) is 0 Å². The highest BCUT2D eigenvalue weighted by Gasteiger charge is 1.98. The van der Waals surface area contributed by atoms with Gasteiger partial charge in [0.05, 0.1) is 0 Å². The van der Waals surface area contributed by atoms with Gasteiger partial charge in [-0.25, -0.2) is 0 Å². The average Bonchev–Trinajstić information content (AvgIpc) is 2.28. The monoisotopic (exact) mass is 243 g/mol. The van der Waals surface area contributed by atoms with E-state index in [0.29, 0.717) is 6.54 Å². The van der Waals surface area contributed by atoms with E-state index in [1.165, 1.54) is 4.90 Å². The van der Waals surface area contributed by atoms with Crippen LogP contribution >= 0.6 is 23.4 Å². The molecule has 0 spiro atoms. The van der Waals surface area contributed by atoms with Gasteiger partial charge in [0.25, 0.3) is 0 Å². The molecule has 0 saturated heterocycles. The van der Waals surface area contributed by atoms with E-state index in [4.69, 9.17) is 11.6 Å². The zero-order chi connectivity index (χ0) is 11.1. The van der Waals surface area contributed by atoms with Crippen LogP contribution < -0.4 is 5.32 Å². The van der Waals surface area contributed by atoms with Crippen LogP contribution in [0.4, 0.5) is 0 Å². The molecule has 0 radical (unpaired) electrons. The van der Waals surface area contributed by atoms with Crippen LogP contribution in [0.15, 0.2) is 29.2 Å². The van der Waals surface area contributed by atoms with Crippen molar-refractivity contribution >= 4 is 29.3 Å². The first-order valence-corrected chi connectivity index (χ1v) is 6.32. The zero-order valence-electron chi connectivity index (χ0n) is 8.63. The third kappa shape index (κ3) is 4.58. The Labute approximate surface area is 99.4 Å². The van der Waals surface area contributed by atoms with E-state index in [2.05, 4.69) is 24.4 Å². The van der Waals surface area contributed by atoms with Gasteiger partial charge < -0.3 is 5.32 Å². The maximum absolute atomic E-state index is 10.9. The lowest BCUT2D eigenvalue weighted by Crippen LogP contribution is -2.23. The predicted molar refractivity (Wildman–Crippen MR) is 65.4 cm³/mol. The molecule has 1 rings (SSSR count). The Morgan fingerprint density at radius 1 is 1.40 bits per heavy atom. The predicted octanol–water partition coefficient (Wildman–Crippen LogP) is 2.65. The van der Waals surface area contributed by atoms with Crippen molar-refractivity contribution in [1.29, 1.82) is 0 Å². The highest BCUT2D eigenvalue weighted by Crippen LogP contribution is 2.17. The Morgan fingerprint density at radius 3 is 2.60 bits per heavy atom. The lowest BCUT2D eigenvalue weighted by atomic mass is 10.2. The van der Waals surface area contributed by atoms with Gasteiger partial charge in [-0.1, -0.05) is 19.1 Å². The van der Waals surface area contributed by atoms with Crippen molar-refractivity contribution in [1.82, 2.24) is 5.32 Å². The largest absolute Gasteiger partial charge is 0.351 e. The van der Waals surface area contributed by atoms with Crippen molar-refractivity contribution in [2.45, 2.75) is 18.4 Å². The van der Waals surface area contributed by atoms with E-state index < -0.39 is 0 Å². The average molecular weight is 244 g/mol. The van der Waals surface area contributed by atoms with Crippen molar-refractivity contribution in [2.24, 2.45) is 0 Å². The van der Waals surface area contributed by atoms with Crippen molar-refractivity contribution in [2.75, 3.05) is 11.6 Å². The summed E-state index contributed by atoms with van der Waals surface area (Å²) in [7, 11) is 0. The summed E-state index contributed by atoms with van der Waals surface area (Å²) in [6.45, 7) is 2.67. The summed E-state index contributed by atoms with van der Waals surface area (Å²) in [4.78, 5) is 12.2. The lowest BCUT2D eigenvalue weighted by Gasteiger charge is -2.04. The van der Waals surface area contributed by atoms with Gasteiger partial charge in [-0.3, -0.25) is 4.79 Å². The van der Waals surface area contributed by atoms with Gasteiger partial charge in [-0.05, 0) is 23.4 Å². The summed E-state index contributed by atoms with van der Waals surface area (Å²) in [5.41, 5.74) is 1.09. The minimum Gasteiger partial charge on any atom is -0.351 e. The Kier molecular flexibility index (Phi) is 5.58. The summed E-state index contributed by atoms with van der Waals surface area (Å²) in [5, 5.41) is 2.72. The van der Waals surface area contributed by atoms with E-state index in [1.807, 2.05) is 12.1 Å². The number of hydrogen-bond donors (Lipinski definition) is 1. The van der Waals surface area contributed by atoms with Crippen molar-refractivity contribution in [3.05, 3.63) is 29.8 Å². The third-order valence-electron chi connectivity index (χ3n) is 1.85. The standard InChI is InChI=1S/C11H14ClNOS/c1-2-15-10-5-3-9(4-6-10)8-13-11(14)7-12/h3-6H,2,7-8H2,1H3,(H,13,14). The Morgan fingerprint density at radius 2 is 2.07 bits per heavy atom. The summed E-state index contributed by atoms with van der Waals surface area (Å²) in [6.07, 6.45) is 0. The highest BCUT2D eigenvalue weighted by atomic mass is 35.5. The molecule has 0 unspecified atom stereocenters. The first-order chi connectivity index (χ1) is 7.26. The molecule has 0 aliphatic heterocycles. The van der Waals surface area contributed by atoms with Gasteiger partial charge in [0.1, 0.15) is 5.88 Å². The number of rotatable bonds is 5. The third-order valence-corrected chi connectivity index (χ3v) is 2.98. The molecule has 0 aromatic heterocycles. The maximum atomic E-state index is 10.9. The molecule has 0 aliphatic carbocycles. The second-order valence-corrected chi connectivity index (χ2v) is 4.59. The number of thioether (sulfide) groups is 1. The fourth-order valence-electron chi connectivity index (χ4n) is 1.12. The minimum absolute atomic E-state index is 0.0176. The van der Waals surface area contributed by atoms with Crippen LogP contribution in [0.2, 0.25) is 0 Å². The molecule has 4 heteroatoms. The highest BCUT2D eigenvalue weighted by molar-refractivity contribution is 7.99. The van der Waals surface area contributed by atoms with E-state index in [0.717, 1.165) is 11.3 Å². The van der Waals surface area contributed by atoms with Gasteiger partial charge in [-0.2, -0.15) is 0 Å². The first-order valence-electron chi connectivity index (χ1n) is 4.80. The number of benzene rings is 1. The van der Waals surface area contributed by atoms with Crippen molar-refractivity contribution < 1.29 is 4.79 Å². The number of amides is 1. The second-order valence-electron chi connectivity index (χ2n) is 2.99. The number of halogens is 1. The van der Waals surface area contributed by atoms with E-state index in [-0.39, 0.29) is 11.8 Å². The Bertz CT molecular complexity index is 313. The van der Waals surface area contributed by atoms with Crippen LogP contribution in [0.5, 0.6) is 0 Å². The summed E-state index contributed by atoms with van der Waals surface area (Å²) < 4.78 is 0. The number of hydrogen-bond acceptors (Lipinski definition) is 2. The molecule has 0 saturated carbocycles. The number of alkyl halides is 1. The molecule has 0 bridgehead atoms. The quantitative estimate of drug-likeness (QED) is 0.636. The van der Waals surface area contributed by atoms with Gasteiger partial charge in [0.2, 0.25) is 5.91 Å². The fraction of sp³-hybridized carbons (Fsp3) is 0.364. The molecule has 1 aromatic rings. The number of nitrogens with one attached hydrogen (secondary N) is 1. The molecule has 15 heavy (non-hydrogen) atoms. The maximum Gasteiger partial charge on any atom is 0.235 e. The van der Waals surface area contributed by atoms with E-state index in [9.17, 15) is 4.79 Å². The van der Waals surface area contributed by atoms with Crippen LogP contribution in [0.25, 0.3) is 0 Å². The molecule has 0 atom stereocenters. The lowest BCUT2D eigenvalue weighted by molar-refractivity contribution is -0.118. The molecule has 0 fully saturated rings. The molecule has 1 amide bonds. The van der Waals surface area contributed by atoms with Gasteiger partial charge in [-0.15, -0.1) is 23.4 Å². The normalized spacial score (nSPS) is 10.0.